The van der Waals surface area contributed by atoms with Crippen molar-refractivity contribution < 1.29 is 4.79 Å². The van der Waals surface area contributed by atoms with Crippen LogP contribution >= 0.6 is 39.5 Å². The molecule has 1 unspecified atom stereocenters. The second-order valence-electron chi connectivity index (χ2n) is 4.96. The minimum absolute atomic E-state index is 0.0637. The van der Waals surface area contributed by atoms with Gasteiger partial charge in [0.15, 0.2) is 0 Å². The van der Waals surface area contributed by atoms with Gasteiger partial charge < -0.3 is 9.88 Å². The van der Waals surface area contributed by atoms with Crippen LogP contribution in [-0.4, -0.2) is 39.5 Å². The lowest BCUT2D eigenvalue weighted by Crippen LogP contribution is -2.34. The Labute approximate surface area is 130 Å². The van der Waals surface area contributed by atoms with Crippen molar-refractivity contribution in [1.82, 2.24) is 9.88 Å². The minimum atomic E-state index is 0.0637. The van der Waals surface area contributed by atoms with E-state index in [1.807, 2.05) is 35.8 Å². The molecule has 2 heterocycles. The number of rotatable bonds is 4. The molecule has 1 aromatic rings. The van der Waals surface area contributed by atoms with Crippen LogP contribution in [0.1, 0.15) is 29.4 Å². The normalized spacial score (nSPS) is 23.3. The zero-order valence-electron chi connectivity index (χ0n) is 10.6. The first kappa shape index (κ1) is 13.9. The van der Waals surface area contributed by atoms with Crippen molar-refractivity contribution in [3.63, 3.8) is 0 Å². The molecule has 2 aliphatic rings. The summed E-state index contributed by atoms with van der Waals surface area (Å²) in [5.74, 6) is 3.66. The third kappa shape index (κ3) is 3.52. The van der Waals surface area contributed by atoms with Crippen LogP contribution in [0, 0.1) is 0 Å². The molecule has 6 heteroatoms. The molecule has 1 saturated heterocycles. The second kappa shape index (κ2) is 6.14. The van der Waals surface area contributed by atoms with Gasteiger partial charge in [-0.05, 0) is 34.8 Å². The first-order valence-electron chi connectivity index (χ1n) is 6.59. The van der Waals surface area contributed by atoms with Crippen LogP contribution in [0.4, 0.5) is 0 Å². The number of amides is 1. The maximum atomic E-state index is 12.3. The highest BCUT2D eigenvalue weighted by Gasteiger charge is 2.28. The van der Waals surface area contributed by atoms with Crippen molar-refractivity contribution in [3.8, 4) is 0 Å². The molecule has 1 saturated carbocycles. The highest BCUT2D eigenvalue weighted by atomic mass is 79.9. The van der Waals surface area contributed by atoms with Gasteiger partial charge in [-0.1, -0.05) is 0 Å². The zero-order chi connectivity index (χ0) is 13.2. The molecule has 1 N–H and O–H groups in total. The number of aromatic nitrogens is 1. The topological polar surface area (TPSA) is 34.0 Å². The van der Waals surface area contributed by atoms with Crippen molar-refractivity contribution >= 4 is 45.4 Å². The van der Waals surface area contributed by atoms with E-state index in [1.54, 1.807) is 0 Å². The fraction of sp³-hybridized carbons (Fsp3) is 0.615. The molecule has 104 valence electrons. The van der Waals surface area contributed by atoms with Gasteiger partial charge in [-0.2, -0.15) is 23.5 Å². The standard InChI is InChI=1S/C13H17BrN2OS2/c14-9-5-12(16(7-9)10-1-2-10)13(17)15-6-11-8-18-3-4-19-11/h5,7,10-11H,1-4,6,8H2,(H,15,17). The molecule has 0 radical (unpaired) electrons. The van der Waals surface area contributed by atoms with E-state index in [-0.39, 0.29) is 5.91 Å². The van der Waals surface area contributed by atoms with Crippen LogP contribution in [0.5, 0.6) is 0 Å². The molecule has 1 aromatic heterocycles. The fourth-order valence-electron chi connectivity index (χ4n) is 2.23. The predicted octanol–water partition coefficient (Wildman–Crippen LogP) is 3.16. The number of thioether (sulfide) groups is 2. The number of carbonyl (C=O) groups excluding carboxylic acids is 1. The summed E-state index contributed by atoms with van der Waals surface area (Å²) in [7, 11) is 0. The molecule has 1 aliphatic carbocycles. The van der Waals surface area contributed by atoms with Crippen LogP contribution in [-0.2, 0) is 0 Å². The van der Waals surface area contributed by atoms with E-state index in [9.17, 15) is 4.79 Å². The number of halogens is 1. The maximum absolute atomic E-state index is 12.3. The lowest BCUT2D eigenvalue weighted by Gasteiger charge is -2.21. The molecule has 0 aromatic carbocycles. The highest BCUT2D eigenvalue weighted by molar-refractivity contribution is 9.10. The van der Waals surface area contributed by atoms with Gasteiger partial charge in [-0.3, -0.25) is 4.79 Å². The Balaban J connectivity index is 1.60. The molecular formula is C13H17BrN2OS2. The Morgan fingerprint density at radius 1 is 1.47 bits per heavy atom. The molecule has 3 nitrogen and oxygen atoms in total. The number of hydrogen-bond acceptors (Lipinski definition) is 3. The van der Waals surface area contributed by atoms with E-state index in [1.165, 1.54) is 24.3 Å². The third-order valence-corrected chi connectivity index (χ3v) is 6.64. The smallest absolute Gasteiger partial charge is 0.267 e. The van der Waals surface area contributed by atoms with Gasteiger partial charge in [0, 0.05) is 45.8 Å². The maximum Gasteiger partial charge on any atom is 0.267 e. The molecule has 0 bridgehead atoms. The number of nitrogens with one attached hydrogen (secondary N) is 1. The van der Waals surface area contributed by atoms with Crippen molar-refractivity contribution in [2.45, 2.75) is 24.1 Å². The van der Waals surface area contributed by atoms with Gasteiger partial charge in [-0.25, -0.2) is 0 Å². The van der Waals surface area contributed by atoms with E-state index in [0.29, 0.717) is 11.3 Å². The van der Waals surface area contributed by atoms with Gasteiger partial charge in [0.25, 0.3) is 5.91 Å². The number of nitrogens with zero attached hydrogens (tertiary/aromatic N) is 1. The van der Waals surface area contributed by atoms with E-state index < -0.39 is 0 Å². The average Bonchev–Trinajstić information content (AvgIpc) is 3.20. The highest BCUT2D eigenvalue weighted by Crippen LogP contribution is 2.37. The van der Waals surface area contributed by atoms with E-state index >= 15 is 0 Å². The van der Waals surface area contributed by atoms with Gasteiger partial charge in [-0.15, -0.1) is 0 Å². The Morgan fingerprint density at radius 2 is 2.32 bits per heavy atom. The van der Waals surface area contributed by atoms with E-state index in [0.717, 1.165) is 22.5 Å². The molecule has 1 aliphatic heterocycles. The molecule has 0 spiro atoms. The van der Waals surface area contributed by atoms with Gasteiger partial charge in [0.05, 0.1) is 0 Å². The van der Waals surface area contributed by atoms with Crippen LogP contribution in [0.15, 0.2) is 16.7 Å². The molecule has 19 heavy (non-hydrogen) atoms. The van der Waals surface area contributed by atoms with Crippen molar-refractivity contribution in [2.24, 2.45) is 0 Å². The first-order chi connectivity index (χ1) is 9.24. The van der Waals surface area contributed by atoms with E-state index in [4.69, 9.17) is 0 Å². The summed E-state index contributed by atoms with van der Waals surface area (Å²) in [5.41, 5.74) is 0.794. The molecule has 1 amide bonds. The largest absolute Gasteiger partial charge is 0.350 e. The second-order valence-corrected chi connectivity index (χ2v) is 8.43. The Bertz CT molecular complexity index is 467. The summed E-state index contributed by atoms with van der Waals surface area (Å²) in [6, 6.07) is 2.46. The van der Waals surface area contributed by atoms with Crippen molar-refractivity contribution in [3.05, 3.63) is 22.4 Å². The number of hydrogen-bond donors (Lipinski definition) is 1. The Morgan fingerprint density at radius 3 is 3.00 bits per heavy atom. The number of carbonyl (C=O) groups is 1. The SMILES string of the molecule is O=C(NCC1CSCCS1)c1cc(Br)cn1C1CC1. The first-order valence-corrected chi connectivity index (χ1v) is 9.58. The van der Waals surface area contributed by atoms with Gasteiger partial charge in [0.1, 0.15) is 5.69 Å². The van der Waals surface area contributed by atoms with Crippen molar-refractivity contribution in [1.29, 1.82) is 0 Å². The Hall–Kier alpha value is -0.0700. The van der Waals surface area contributed by atoms with E-state index in [2.05, 4.69) is 25.8 Å². The third-order valence-electron chi connectivity index (χ3n) is 3.36. The Kier molecular flexibility index (Phi) is 4.49. The van der Waals surface area contributed by atoms with Crippen LogP contribution in [0.25, 0.3) is 0 Å². The monoisotopic (exact) mass is 360 g/mol. The summed E-state index contributed by atoms with van der Waals surface area (Å²) in [5, 5.41) is 3.66. The lowest BCUT2D eigenvalue weighted by molar-refractivity contribution is 0.0945. The van der Waals surface area contributed by atoms with Crippen LogP contribution in [0.2, 0.25) is 0 Å². The average molecular weight is 361 g/mol. The summed E-state index contributed by atoms with van der Waals surface area (Å²) >= 11 is 7.43. The van der Waals surface area contributed by atoms with Crippen LogP contribution in [0.3, 0.4) is 0 Å². The molecule has 2 fully saturated rings. The fourth-order valence-corrected chi connectivity index (χ4v) is 5.28. The molecular weight excluding hydrogens is 344 g/mol. The van der Waals surface area contributed by atoms with Crippen LogP contribution < -0.4 is 5.32 Å². The lowest BCUT2D eigenvalue weighted by atomic mass is 10.3. The summed E-state index contributed by atoms with van der Waals surface area (Å²) in [6.07, 6.45) is 4.41. The summed E-state index contributed by atoms with van der Waals surface area (Å²) in [4.78, 5) is 12.3. The predicted molar refractivity (Wildman–Crippen MR) is 86.3 cm³/mol. The summed E-state index contributed by atoms with van der Waals surface area (Å²) < 4.78 is 3.11. The zero-order valence-corrected chi connectivity index (χ0v) is 13.8. The summed E-state index contributed by atoms with van der Waals surface area (Å²) in [6.45, 7) is 0.782. The van der Waals surface area contributed by atoms with Gasteiger partial charge >= 0.3 is 0 Å². The van der Waals surface area contributed by atoms with Crippen molar-refractivity contribution in [2.75, 3.05) is 23.8 Å². The minimum Gasteiger partial charge on any atom is -0.350 e. The van der Waals surface area contributed by atoms with Gasteiger partial charge in [0.2, 0.25) is 0 Å². The molecule has 3 rings (SSSR count). The quantitative estimate of drug-likeness (QED) is 0.895. The molecule has 1 atom stereocenters.